The number of hydrogen-bond donors (Lipinski definition) is 1. The summed E-state index contributed by atoms with van der Waals surface area (Å²) in [4.78, 5) is 2.58. The van der Waals surface area contributed by atoms with Gasteiger partial charge in [0.2, 0.25) is 0 Å². The maximum atomic E-state index is 3.49. The second-order valence-electron chi connectivity index (χ2n) is 6.99. The lowest BCUT2D eigenvalue weighted by Gasteiger charge is -2.15. The molecule has 2 heteroatoms. The van der Waals surface area contributed by atoms with E-state index in [1.165, 1.54) is 24.2 Å². The Kier molecular flexibility index (Phi) is 5.62. The molecule has 1 aliphatic rings. The van der Waals surface area contributed by atoms with Gasteiger partial charge in [0, 0.05) is 26.2 Å². The highest BCUT2D eigenvalue weighted by atomic mass is 15.1. The van der Waals surface area contributed by atoms with E-state index < -0.39 is 0 Å². The molecule has 0 radical (unpaired) electrons. The molecule has 1 N–H and O–H groups in total. The van der Waals surface area contributed by atoms with Crippen LogP contribution in [0.1, 0.15) is 38.8 Å². The quantitative estimate of drug-likeness (QED) is 0.854. The van der Waals surface area contributed by atoms with Crippen LogP contribution in [0.25, 0.3) is 0 Å². The van der Waals surface area contributed by atoms with Crippen LogP contribution in [0.15, 0.2) is 24.3 Å². The van der Waals surface area contributed by atoms with Crippen molar-refractivity contribution >= 4 is 0 Å². The van der Waals surface area contributed by atoms with Gasteiger partial charge >= 0.3 is 0 Å². The number of hydrogen-bond acceptors (Lipinski definition) is 2. The zero-order chi connectivity index (χ0) is 14.5. The Bertz CT molecular complexity index is 386. The highest BCUT2D eigenvalue weighted by Gasteiger charge is 2.25. The van der Waals surface area contributed by atoms with E-state index in [0.717, 1.165) is 31.5 Å². The smallest absolute Gasteiger partial charge is 0.0233 e. The molecule has 112 valence electrons. The summed E-state index contributed by atoms with van der Waals surface area (Å²) in [6.45, 7) is 14.9. The molecule has 2 unspecified atom stereocenters. The van der Waals surface area contributed by atoms with Crippen LogP contribution < -0.4 is 5.32 Å². The Balaban J connectivity index is 1.79. The maximum Gasteiger partial charge on any atom is 0.0233 e. The molecule has 0 aliphatic carbocycles. The Labute approximate surface area is 124 Å². The first-order valence-electron chi connectivity index (χ1n) is 8.05. The summed E-state index contributed by atoms with van der Waals surface area (Å²) >= 11 is 0. The lowest BCUT2D eigenvalue weighted by atomic mass is 10.0. The number of rotatable bonds is 6. The predicted molar refractivity (Wildman–Crippen MR) is 86.6 cm³/mol. The molecule has 0 aromatic heterocycles. The molecule has 1 aromatic carbocycles. The fourth-order valence-electron chi connectivity index (χ4n) is 2.90. The topological polar surface area (TPSA) is 15.3 Å². The third-order valence-corrected chi connectivity index (χ3v) is 4.37. The molecule has 20 heavy (non-hydrogen) atoms. The first-order valence-corrected chi connectivity index (χ1v) is 8.05. The Morgan fingerprint density at radius 1 is 1.05 bits per heavy atom. The molecule has 1 heterocycles. The summed E-state index contributed by atoms with van der Waals surface area (Å²) in [5.74, 6) is 2.40. The van der Waals surface area contributed by atoms with E-state index in [1.54, 1.807) is 0 Å². The second kappa shape index (κ2) is 7.24. The third kappa shape index (κ3) is 4.60. The highest BCUT2D eigenvalue weighted by Crippen LogP contribution is 2.23. The van der Waals surface area contributed by atoms with E-state index in [4.69, 9.17) is 0 Å². The fraction of sp³-hybridized carbons (Fsp3) is 0.667. The summed E-state index contributed by atoms with van der Waals surface area (Å²) in [6.07, 6.45) is 0. The van der Waals surface area contributed by atoms with Crippen molar-refractivity contribution in [3.8, 4) is 0 Å². The van der Waals surface area contributed by atoms with Crippen molar-refractivity contribution in [3.63, 3.8) is 0 Å². The van der Waals surface area contributed by atoms with Crippen molar-refractivity contribution in [3.05, 3.63) is 35.4 Å². The van der Waals surface area contributed by atoms with Gasteiger partial charge in [-0.05, 0) is 35.4 Å². The van der Waals surface area contributed by atoms with Gasteiger partial charge in [0.05, 0.1) is 0 Å². The first kappa shape index (κ1) is 15.5. The summed E-state index contributed by atoms with van der Waals surface area (Å²) in [5, 5.41) is 3.49. The average Bonchev–Trinajstić information content (AvgIpc) is 2.70. The van der Waals surface area contributed by atoms with E-state index >= 15 is 0 Å². The minimum atomic E-state index is 0.716. The Morgan fingerprint density at radius 3 is 2.15 bits per heavy atom. The minimum absolute atomic E-state index is 0.716. The third-order valence-electron chi connectivity index (χ3n) is 4.37. The van der Waals surface area contributed by atoms with E-state index in [0.29, 0.717) is 5.92 Å². The lowest BCUT2D eigenvalue weighted by molar-refractivity contribution is 0.316. The van der Waals surface area contributed by atoms with Crippen LogP contribution in [-0.2, 0) is 13.1 Å². The van der Waals surface area contributed by atoms with Crippen LogP contribution in [0.4, 0.5) is 0 Å². The van der Waals surface area contributed by atoms with E-state index in [9.17, 15) is 0 Å². The van der Waals surface area contributed by atoms with Gasteiger partial charge in [0.1, 0.15) is 0 Å². The van der Waals surface area contributed by atoms with Crippen LogP contribution >= 0.6 is 0 Å². The van der Waals surface area contributed by atoms with Crippen molar-refractivity contribution in [2.75, 3.05) is 19.6 Å². The second-order valence-corrected chi connectivity index (χ2v) is 6.99. The summed E-state index contributed by atoms with van der Waals surface area (Å²) < 4.78 is 0. The number of likely N-dealkylation sites (tertiary alicyclic amines) is 1. The lowest BCUT2D eigenvalue weighted by Crippen LogP contribution is -2.20. The van der Waals surface area contributed by atoms with Gasteiger partial charge in [-0.15, -0.1) is 0 Å². The number of nitrogens with one attached hydrogen (secondary N) is 1. The molecule has 0 spiro atoms. The molecular formula is C18H30N2. The molecule has 1 saturated heterocycles. The summed E-state index contributed by atoms with van der Waals surface area (Å²) in [5.41, 5.74) is 2.83. The molecule has 1 fully saturated rings. The normalized spacial score (nSPS) is 23.6. The molecule has 2 rings (SSSR count). The van der Waals surface area contributed by atoms with Gasteiger partial charge in [0.15, 0.2) is 0 Å². The molecule has 0 saturated carbocycles. The van der Waals surface area contributed by atoms with Gasteiger partial charge in [0.25, 0.3) is 0 Å². The van der Waals surface area contributed by atoms with Gasteiger partial charge in [-0.2, -0.15) is 0 Å². The van der Waals surface area contributed by atoms with Gasteiger partial charge in [-0.3, -0.25) is 4.90 Å². The number of benzene rings is 1. The highest BCUT2D eigenvalue weighted by molar-refractivity contribution is 5.22. The van der Waals surface area contributed by atoms with Crippen LogP contribution in [-0.4, -0.2) is 24.5 Å². The van der Waals surface area contributed by atoms with Gasteiger partial charge in [-0.25, -0.2) is 0 Å². The zero-order valence-electron chi connectivity index (χ0n) is 13.5. The fourth-order valence-corrected chi connectivity index (χ4v) is 2.90. The molecule has 1 aliphatic heterocycles. The molecule has 0 bridgehead atoms. The molecular weight excluding hydrogens is 244 g/mol. The number of nitrogens with zero attached hydrogens (tertiary/aromatic N) is 1. The van der Waals surface area contributed by atoms with Crippen LogP contribution in [0, 0.1) is 17.8 Å². The molecule has 1 aromatic rings. The van der Waals surface area contributed by atoms with Crippen molar-refractivity contribution in [2.24, 2.45) is 17.8 Å². The molecule has 2 nitrogen and oxygen atoms in total. The van der Waals surface area contributed by atoms with Crippen molar-refractivity contribution < 1.29 is 0 Å². The van der Waals surface area contributed by atoms with E-state index in [1.807, 2.05) is 0 Å². The molecule has 2 atom stereocenters. The van der Waals surface area contributed by atoms with Gasteiger partial charge in [-0.1, -0.05) is 52.0 Å². The van der Waals surface area contributed by atoms with Crippen molar-refractivity contribution in [2.45, 2.75) is 40.8 Å². The maximum absolute atomic E-state index is 3.49. The van der Waals surface area contributed by atoms with E-state index in [2.05, 4.69) is 62.2 Å². The van der Waals surface area contributed by atoms with Crippen LogP contribution in [0.3, 0.4) is 0 Å². The SMILES string of the molecule is CC(C)CNCc1ccc(CN2CC(C)C(C)C2)cc1. The monoisotopic (exact) mass is 274 g/mol. The molecule has 0 amide bonds. The predicted octanol–water partition coefficient (Wildman–Crippen LogP) is 3.52. The average molecular weight is 274 g/mol. The van der Waals surface area contributed by atoms with Crippen molar-refractivity contribution in [1.29, 1.82) is 0 Å². The van der Waals surface area contributed by atoms with Crippen LogP contribution in [0.5, 0.6) is 0 Å². The Hall–Kier alpha value is -0.860. The van der Waals surface area contributed by atoms with E-state index in [-0.39, 0.29) is 0 Å². The summed E-state index contributed by atoms with van der Waals surface area (Å²) in [6, 6.07) is 9.12. The Morgan fingerprint density at radius 2 is 1.60 bits per heavy atom. The zero-order valence-corrected chi connectivity index (χ0v) is 13.5. The van der Waals surface area contributed by atoms with Crippen molar-refractivity contribution in [1.82, 2.24) is 10.2 Å². The summed E-state index contributed by atoms with van der Waals surface area (Å²) in [7, 11) is 0. The van der Waals surface area contributed by atoms with Crippen LogP contribution in [0.2, 0.25) is 0 Å². The minimum Gasteiger partial charge on any atom is -0.312 e. The van der Waals surface area contributed by atoms with Gasteiger partial charge < -0.3 is 5.32 Å². The largest absolute Gasteiger partial charge is 0.312 e. The standard InChI is InChI=1S/C18H30N2/c1-14(2)9-19-10-17-5-7-18(8-6-17)13-20-11-15(3)16(4)12-20/h5-8,14-16,19H,9-13H2,1-4H3. The first-order chi connectivity index (χ1) is 9.54.